The monoisotopic (exact) mass is 270 g/mol. The average Bonchev–Trinajstić information content (AvgIpc) is 3.00. The average molecular weight is 270 g/mol. The van der Waals surface area contributed by atoms with Gasteiger partial charge in [-0.1, -0.05) is 6.07 Å². The molecule has 2 aromatic rings. The van der Waals surface area contributed by atoms with Crippen LogP contribution >= 0.6 is 0 Å². The van der Waals surface area contributed by atoms with Crippen molar-refractivity contribution in [2.75, 3.05) is 11.5 Å². The largest absolute Gasteiger partial charge is 0.489 e. The fourth-order valence-electron chi connectivity index (χ4n) is 3.79. The molecule has 0 spiro atoms. The molecule has 2 bridgehead atoms. The molecule has 0 radical (unpaired) electrons. The van der Waals surface area contributed by atoms with Gasteiger partial charge in [0.15, 0.2) is 0 Å². The second kappa shape index (κ2) is 4.23. The van der Waals surface area contributed by atoms with Gasteiger partial charge >= 0.3 is 0 Å². The summed E-state index contributed by atoms with van der Waals surface area (Å²) < 4.78 is 6.24. The second-order valence-corrected chi connectivity index (χ2v) is 5.95. The van der Waals surface area contributed by atoms with Crippen molar-refractivity contribution in [2.45, 2.75) is 31.8 Å². The summed E-state index contributed by atoms with van der Waals surface area (Å²) in [5.41, 5.74) is 12.4. The van der Waals surface area contributed by atoms with Crippen molar-refractivity contribution < 1.29 is 4.74 Å². The summed E-state index contributed by atoms with van der Waals surface area (Å²) >= 11 is 0. The van der Waals surface area contributed by atoms with E-state index in [-0.39, 0.29) is 5.95 Å². The Kier molecular flexibility index (Phi) is 2.49. The van der Waals surface area contributed by atoms with Gasteiger partial charge in [-0.25, -0.2) is 4.98 Å². The number of nitrogens with two attached hydrogens (primary N) is 2. The lowest BCUT2D eigenvalue weighted by Gasteiger charge is -2.24. The molecule has 1 aromatic carbocycles. The molecule has 2 aliphatic rings. The van der Waals surface area contributed by atoms with E-state index in [0.717, 1.165) is 29.0 Å². The van der Waals surface area contributed by atoms with E-state index in [1.807, 2.05) is 18.2 Å². The quantitative estimate of drug-likeness (QED) is 0.874. The minimum atomic E-state index is 0.201. The van der Waals surface area contributed by atoms with Crippen molar-refractivity contribution >= 4 is 22.7 Å². The Labute approximate surface area is 117 Å². The highest BCUT2D eigenvalue weighted by atomic mass is 16.5. The van der Waals surface area contributed by atoms with Crippen molar-refractivity contribution in [1.29, 1.82) is 0 Å². The number of ether oxygens (including phenoxy) is 1. The smallest absolute Gasteiger partial charge is 0.222 e. The molecule has 2 fully saturated rings. The van der Waals surface area contributed by atoms with E-state index in [1.54, 1.807) is 0 Å². The zero-order valence-corrected chi connectivity index (χ0v) is 11.2. The van der Waals surface area contributed by atoms with Gasteiger partial charge in [0.05, 0.1) is 10.9 Å². The molecule has 1 aromatic heterocycles. The zero-order chi connectivity index (χ0) is 13.7. The highest BCUT2D eigenvalue weighted by Gasteiger charge is 2.41. The summed E-state index contributed by atoms with van der Waals surface area (Å²) in [6, 6.07) is 5.76. The maximum absolute atomic E-state index is 6.24. The first kappa shape index (κ1) is 11.8. The van der Waals surface area contributed by atoms with E-state index in [1.165, 1.54) is 19.3 Å². The number of rotatable bonds is 2. The highest BCUT2D eigenvalue weighted by molar-refractivity contribution is 5.94. The second-order valence-electron chi connectivity index (χ2n) is 5.95. The summed E-state index contributed by atoms with van der Waals surface area (Å²) in [6.07, 6.45) is 5.45. The summed E-state index contributed by atoms with van der Waals surface area (Å²) in [5.74, 6) is 2.94. The van der Waals surface area contributed by atoms with Crippen LogP contribution in [0.5, 0.6) is 5.75 Å². The van der Waals surface area contributed by atoms with Crippen molar-refractivity contribution in [3.05, 3.63) is 18.2 Å². The number of hydrogen-bond donors (Lipinski definition) is 2. The number of nitrogen functional groups attached to an aromatic ring is 2. The van der Waals surface area contributed by atoms with E-state index in [4.69, 9.17) is 16.2 Å². The number of hydrogen-bond acceptors (Lipinski definition) is 5. The van der Waals surface area contributed by atoms with Crippen molar-refractivity contribution in [3.63, 3.8) is 0 Å². The standard InChI is InChI=1S/C15H18N4O/c16-14-13-10(18-15(17)19-14)2-1-3-11(13)20-12-7-8-4-5-9(12)6-8/h1-3,8-9,12H,4-7H2,(H4,16,17,18,19)/t8-,9?,12-/m1/s1. The molecular weight excluding hydrogens is 252 g/mol. The first-order valence-corrected chi connectivity index (χ1v) is 7.19. The van der Waals surface area contributed by atoms with Crippen molar-refractivity contribution in [3.8, 4) is 5.75 Å². The SMILES string of the molecule is Nc1nc(N)c2c(O[C@@H]3C[C@@H]4CCC3C4)cccc2n1. The summed E-state index contributed by atoms with van der Waals surface area (Å²) in [4.78, 5) is 8.28. The van der Waals surface area contributed by atoms with Gasteiger partial charge in [-0.05, 0) is 49.7 Å². The number of anilines is 2. The van der Waals surface area contributed by atoms with Crippen LogP contribution in [0.4, 0.5) is 11.8 Å². The van der Waals surface area contributed by atoms with Crippen LogP contribution in [0, 0.1) is 11.8 Å². The maximum Gasteiger partial charge on any atom is 0.222 e. The Morgan fingerprint density at radius 3 is 2.75 bits per heavy atom. The molecule has 2 aliphatic carbocycles. The van der Waals surface area contributed by atoms with Gasteiger partial charge < -0.3 is 16.2 Å². The van der Waals surface area contributed by atoms with E-state index in [2.05, 4.69) is 9.97 Å². The van der Waals surface area contributed by atoms with E-state index in [9.17, 15) is 0 Å². The van der Waals surface area contributed by atoms with Gasteiger partial charge in [-0.3, -0.25) is 0 Å². The molecule has 0 saturated heterocycles. The summed E-state index contributed by atoms with van der Waals surface area (Å²) in [6.45, 7) is 0. The summed E-state index contributed by atoms with van der Waals surface area (Å²) in [7, 11) is 0. The van der Waals surface area contributed by atoms with Crippen LogP contribution in [0.25, 0.3) is 10.9 Å². The molecule has 5 heteroatoms. The van der Waals surface area contributed by atoms with Crippen LogP contribution in [-0.2, 0) is 0 Å². The van der Waals surface area contributed by atoms with Gasteiger partial charge in [0, 0.05) is 0 Å². The molecule has 0 aliphatic heterocycles. The zero-order valence-electron chi connectivity index (χ0n) is 11.2. The predicted molar refractivity (Wildman–Crippen MR) is 78.2 cm³/mol. The molecule has 4 N–H and O–H groups in total. The minimum absolute atomic E-state index is 0.201. The normalized spacial score (nSPS) is 28.1. The first-order valence-electron chi connectivity index (χ1n) is 7.19. The number of nitrogens with zero attached hydrogens (tertiary/aromatic N) is 2. The van der Waals surface area contributed by atoms with Gasteiger partial charge in [0.25, 0.3) is 0 Å². The van der Waals surface area contributed by atoms with Gasteiger partial charge in [0.1, 0.15) is 17.7 Å². The molecule has 4 rings (SSSR count). The molecular formula is C15H18N4O. The molecule has 3 atom stereocenters. The Morgan fingerprint density at radius 1 is 1.10 bits per heavy atom. The van der Waals surface area contributed by atoms with Gasteiger partial charge in [-0.15, -0.1) is 0 Å². The van der Waals surface area contributed by atoms with Crippen LogP contribution in [-0.4, -0.2) is 16.1 Å². The fraction of sp³-hybridized carbons (Fsp3) is 0.467. The Bertz CT molecular complexity index is 672. The number of benzene rings is 1. The third-order valence-electron chi connectivity index (χ3n) is 4.68. The summed E-state index contributed by atoms with van der Waals surface area (Å²) in [5, 5.41) is 0.782. The van der Waals surface area contributed by atoms with E-state index >= 15 is 0 Å². The Morgan fingerprint density at radius 2 is 2.00 bits per heavy atom. The molecule has 20 heavy (non-hydrogen) atoms. The third kappa shape index (κ3) is 1.77. The molecule has 1 heterocycles. The highest BCUT2D eigenvalue weighted by Crippen LogP contribution is 2.46. The first-order chi connectivity index (χ1) is 9.70. The lowest BCUT2D eigenvalue weighted by atomic mass is 9.97. The van der Waals surface area contributed by atoms with Crippen LogP contribution in [0.3, 0.4) is 0 Å². The van der Waals surface area contributed by atoms with Crippen LogP contribution in [0.2, 0.25) is 0 Å². The molecule has 2 saturated carbocycles. The number of aromatic nitrogens is 2. The molecule has 1 unspecified atom stereocenters. The van der Waals surface area contributed by atoms with E-state index < -0.39 is 0 Å². The third-order valence-corrected chi connectivity index (χ3v) is 4.68. The predicted octanol–water partition coefficient (Wildman–Crippen LogP) is 2.36. The molecule has 0 amide bonds. The number of fused-ring (bicyclic) bond motifs is 3. The Balaban J connectivity index is 1.73. The van der Waals surface area contributed by atoms with Crippen molar-refractivity contribution in [2.24, 2.45) is 11.8 Å². The molecule has 104 valence electrons. The maximum atomic E-state index is 6.24. The Hall–Kier alpha value is -2.04. The lowest BCUT2D eigenvalue weighted by Crippen LogP contribution is -2.23. The molecule has 5 nitrogen and oxygen atoms in total. The van der Waals surface area contributed by atoms with E-state index in [0.29, 0.717) is 17.8 Å². The lowest BCUT2D eigenvalue weighted by molar-refractivity contribution is 0.140. The fourth-order valence-corrected chi connectivity index (χ4v) is 3.79. The minimum Gasteiger partial charge on any atom is -0.489 e. The van der Waals surface area contributed by atoms with Gasteiger partial charge in [-0.2, -0.15) is 4.98 Å². The van der Waals surface area contributed by atoms with Crippen LogP contribution in [0.15, 0.2) is 18.2 Å². The van der Waals surface area contributed by atoms with Crippen molar-refractivity contribution in [1.82, 2.24) is 9.97 Å². The topological polar surface area (TPSA) is 87.0 Å². The van der Waals surface area contributed by atoms with Crippen LogP contribution < -0.4 is 16.2 Å². The van der Waals surface area contributed by atoms with Gasteiger partial charge in [0.2, 0.25) is 5.95 Å². The van der Waals surface area contributed by atoms with Crippen LogP contribution in [0.1, 0.15) is 25.7 Å².